The maximum Gasteiger partial charge on any atom is 0.246 e. The molecule has 0 saturated carbocycles. The van der Waals surface area contributed by atoms with Gasteiger partial charge in [0.1, 0.15) is 6.61 Å². The van der Waals surface area contributed by atoms with Gasteiger partial charge in [-0.15, -0.1) is 0 Å². The van der Waals surface area contributed by atoms with Crippen LogP contribution in [0.3, 0.4) is 0 Å². The third kappa shape index (κ3) is 9.42. The van der Waals surface area contributed by atoms with E-state index in [4.69, 9.17) is 10.5 Å². The SMILES string of the molecule is CC(C)CNC(=O)CNC(=O)COCCN. The Bertz CT molecular complexity index is 219. The van der Waals surface area contributed by atoms with Crippen molar-refractivity contribution >= 4 is 11.8 Å². The molecule has 0 aromatic rings. The number of carbonyl (C=O) groups excluding carboxylic acids is 2. The van der Waals surface area contributed by atoms with E-state index in [2.05, 4.69) is 10.6 Å². The van der Waals surface area contributed by atoms with E-state index in [0.717, 1.165) is 0 Å². The van der Waals surface area contributed by atoms with Crippen LogP contribution < -0.4 is 16.4 Å². The van der Waals surface area contributed by atoms with Crippen LogP contribution in [-0.2, 0) is 14.3 Å². The molecule has 4 N–H and O–H groups in total. The Morgan fingerprint density at radius 3 is 2.50 bits per heavy atom. The van der Waals surface area contributed by atoms with E-state index in [-0.39, 0.29) is 25.0 Å². The molecule has 0 fully saturated rings. The monoisotopic (exact) mass is 231 g/mol. The predicted molar refractivity (Wildman–Crippen MR) is 60.7 cm³/mol. The van der Waals surface area contributed by atoms with E-state index in [0.29, 0.717) is 25.6 Å². The molecular formula is C10H21N3O3. The van der Waals surface area contributed by atoms with E-state index in [1.807, 2.05) is 13.8 Å². The topological polar surface area (TPSA) is 93.5 Å². The number of carbonyl (C=O) groups is 2. The molecule has 0 radical (unpaired) electrons. The van der Waals surface area contributed by atoms with Crippen LogP contribution in [0.4, 0.5) is 0 Å². The number of hydrogen-bond acceptors (Lipinski definition) is 4. The van der Waals surface area contributed by atoms with Crippen molar-refractivity contribution in [2.75, 3.05) is 32.8 Å². The Kier molecular flexibility index (Phi) is 8.46. The third-order valence-corrected chi connectivity index (χ3v) is 1.65. The average molecular weight is 231 g/mol. The molecule has 0 saturated heterocycles. The lowest BCUT2D eigenvalue weighted by atomic mass is 10.2. The summed E-state index contributed by atoms with van der Waals surface area (Å²) in [6.07, 6.45) is 0. The Labute approximate surface area is 95.9 Å². The van der Waals surface area contributed by atoms with Crippen molar-refractivity contribution in [1.82, 2.24) is 10.6 Å². The number of amides is 2. The number of nitrogens with two attached hydrogens (primary N) is 1. The summed E-state index contributed by atoms with van der Waals surface area (Å²) in [6, 6.07) is 0. The summed E-state index contributed by atoms with van der Waals surface area (Å²) in [5.74, 6) is -0.110. The van der Waals surface area contributed by atoms with Gasteiger partial charge in [-0.3, -0.25) is 9.59 Å². The lowest BCUT2D eigenvalue weighted by Gasteiger charge is -2.08. The van der Waals surface area contributed by atoms with Crippen LogP contribution in [0.2, 0.25) is 0 Å². The van der Waals surface area contributed by atoms with Crippen molar-refractivity contribution in [2.45, 2.75) is 13.8 Å². The molecule has 0 aliphatic rings. The van der Waals surface area contributed by atoms with Gasteiger partial charge in [0.15, 0.2) is 0 Å². The molecule has 16 heavy (non-hydrogen) atoms. The van der Waals surface area contributed by atoms with Crippen molar-refractivity contribution in [3.8, 4) is 0 Å². The fraction of sp³-hybridized carbons (Fsp3) is 0.800. The normalized spacial score (nSPS) is 10.2. The lowest BCUT2D eigenvalue weighted by Crippen LogP contribution is -2.39. The van der Waals surface area contributed by atoms with Gasteiger partial charge in [0.05, 0.1) is 13.2 Å². The molecule has 0 rings (SSSR count). The fourth-order valence-electron chi connectivity index (χ4n) is 0.859. The first-order valence-electron chi connectivity index (χ1n) is 5.37. The number of nitrogens with one attached hydrogen (secondary N) is 2. The maximum absolute atomic E-state index is 11.2. The molecule has 0 unspecified atom stereocenters. The molecule has 0 aliphatic carbocycles. The summed E-state index contributed by atoms with van der Waals surface area (Å²) >= 11 is 0. The highest BCUT2D eigenvalue weighted by Crippen LogP contribution is 1.86. The van der Waals surface area contributed by atoms with Gasteiger partial charge < -0.3 is 21.1 Å². The Morgan fingerprint density at radius 1 is 1.25 bits per heavy atom. The minimum atomic E-state index is -0.312. The average Bonchev–Trinajstić information content (AvgIpc) is 2.24. The zero-order chi connectivity index (χ0) is 12.4. The number of hydrogen-bond donors (Lipinski definition) is 3. The Morgan fingerprint density at radius 2 is 1.94 bits per heavy atom. The highest BCUT2D eigenvalue weighted by molar-refractivity contribution is 5.85. The lowest BCUT2D eigenvalue weighted by molar-refractivity contribution is -0.129. The van der Waals surface area contributed by atoms with Gasteiger partial charge >= 0.3 is 0 Å². The van der Waals surface area contributed by atoms with E-state index in [9.17, 15) is 9.59 Å². The van der Waals surface area contributed by atoms with E-state index < -0.39 is 0 Å². The van der Waals surface area contributed by atoms with Crippen LogP contribution in [-0.4, -0.2) is 44.7 Å². The summed E-state index contributed by atoms with van der Waals surface area (Å²) in [5.41, 5.74) is 5.18. The minimum Gasteiger partial charge on any atom is -0.370 e. The van der Waals surface area contributed by atoms with Crippen LogP contribution in [0.15, 0.2) is 0 Å². The molecule has 6 heteroatoms. The molecule has 0 aromatic heterocycles. The molecule has 0 atom stereocenters. The standard InChI is InChI=1S/C10H21N3O3/c1-8(2)5-12-9(14)6-13-10(15)7-16-4-3-11/h8H,3-7,11H2,1-2H3,(H,12,14)(H,13,15). The molecule has 0 spiro atoms. The molecule has 0 aromatic carbocycles. The fourth-order valence-corrected chi connectivity index (χ4v) is 0.859. The summed E-state index contributed by atoms with van der Waals surface area (Å²) in [5, 5.41) is 5.14. The minimum absolute atomic E-state index is 0.0163. The Hall–Kier alpha value is -1.14. The zero-order valence-electron chi connectivity index (χ0n) is 9.91. The molecule has 6 nitrogen and oxygen atoms in total. The first-order chi connectivity index (χ1) is 7.56. The van der Waals surface area contributed by atoms with E-state index >= 15 is 0 Å². The smallest absolute Gasteiger partial charge is 0.246 e. The van der Waals surface area contributed by atoms with Gasteiger partial charge in [0, 0.05) is 13.1 Å². The molecule has 0 heterocycles. The van der Waals surface area contributed by atoms with Gasteiger partial charge in [0.2, 0.25) is 11.8 Å². The second-order valence-electron chi connectivity index (χ2n) is 3.82. The molecule has 0 bridgehead atoms. The van der Waals surface area contributed by atoms with Crippen molar-refractivity contribution in [3.05, 3.63) is 0 Å². The zero-order valence-corrected chi connectivity index (χ0v) is 9.91. The summed E-state index contributed by atoms with van der Waals surface area (Å²) in [6.45, 7) is 5.25. The number of ether oxygens (including phenoxy) is 1. The number of rotatable bonds is 8. The highest BCUT2D eigenvalue weighted by Gasteiger charge is 2.05. The largest absolute Gasteiger partial charge is 0.370 e. The molecule has 2 amide bonds. The molecular weight excluding hydrogens is 210 g/mol. The van der Waals surface area contributed by atoms with Crippen LogP contribution in [0.5, 0.6) is 0 Å². The van der Waals surface area contributed by atoms with E-state index in [1.54, 1.807) is 0 Å². The van der Waals surface area contributed by atoms with Crippen molar-refractivity contribution in [3.63, 3.8) is 0 Å². The maximum atomic E-state index is 11.2. The summed E-state index contributed by atoms with van der Waals surface area (Å²) < 4.78 is 4.91. The van der Waals surface area contributed by atoms with Crippen LogP contribution in [0.1, 0.15) is 13.8 Å². The Balaban J connectivity index is 3.47. The first kappa shape index (κ1) is 14.9. The van der Waals surface area contributed by atoms with Crippen LogP contribution in [0.25, 0.3) is 0 Å². The third-order valence-electron chi connectivity index (χ3n) is 1.65. The van der Waals surface area contributed by atoms with Gasteiger partial charge in [-0.1, -0.05) is 13.8 Å². The van der Waals surface area contributed by atoms with Gasteiger partial charge in [-0.05, 0) is 5.92 Å². The van der Waals surface area contributed by atoms with Crippen LogP contribution >= 0.6 is 0 Å². The molecule has 94 valence electrons. The summed E-state index contributed by atoms with van der Waals surface area (Å²) in [7, 11) is 0. The highest BCUT2D eigenvalue weighted by atomic mass is 16.5. The van der Waals surface area contributed by atoms with Crippen LogP contribution in [0, 0.1) is 5.92 Å². The van der Waals surface area contributed by atoms with Gasteiger partial charge in [-0.25, -0.2) is 0 Å². The van der Waals surface area contributed by atoms with Crippen molar-refractivity contribution in [1.29, 1.82) is 0 Å². The van der Waals surface area contributed by atoms with Crippen molar-refractivity contribution in [2.24, 2.45) is 11.7 Å². The first-order valence-corrected chi connectivity index (χ1v) is 5.37. The van der Waals surface area contributed by atoms with Gasteiger partial charge in [0.25, 0.3) is 0 Å². The second kappa shape index (κ2) is 9.11. The van der Waals surface area contributed by atoms with Crippen molar-refractivity contribution < 1.29 is 14.3 Å². The van der Waals surface area contributed by atoms with Gasteiger partial charge in [-0.2, -0.15) is 0 Å². The predicted octanol–water partition coefficient (Wildman–Crippen LogP) is -1.15. The molecule has 0 aliphatic heterocycles. The second-order valence-corrected chi connectivity index (χ2v) is 3.82. The summed E-state index contributed by atoms with van der Waals surface area (Å²) in [4.78, 5) is 22.3. The van der Waals surface area contributed by atoms with E-state index in [1.165, 1.54) is 0 Å². The quantitative estimate of drug-likeness (QED) is 0.460.